The molecule has 4 heterocycles. The van der Waals surface area contributed by atoms with Crippen LogP contribution in [-0.4, -0.2) is 45.7 Å². The van der Waals surface area contributed by atoms with E-state index < -0.39 is 0 Å². The van der Waals surface area contributed by atoms with Gasteiger partial charge in [-0.1, -0.05) is 29.6 Å². The second-order valence-corrected chi connectivity index (χ2v) is 8.97. The van der Waals surface area contributed by atoms with Gasteiger partial charge in [-0.05, 0) is 37.0 Å². The molecular weight excluding hydrogens is 422 g/mol. The van der Waals surface area contributed by atoms with Crippen molar-refractivity contribution in [3.63, 3.8) is 0 Å². The lowest BCUT2D eigenvalue weighted by molar-refractivity contribution is 0.0919. The molecule has 5 rings (SSSR count). The van der Waals surface area contributed by atoms with Crippen LogP contribution in [0.4, 0.5) is 16.9 Å². The summed E-state index contributed by atoms with van der Waals surface area (Å²) in [5.74, 6) is 1.14. The normalized spacial score (nSPS) is 18.7. The van der Waals surface area contributed by atoms with Gasteiger partial charge >= 0.3 is 0 Å². The average Bonchev–Trinajstić information content (AvgIpc) is 3.01. The van der Waals surface area contributed by atoms with Gasteiger partial charge in [-0.3, -0.25) is 0 Å². The highest BCUT2D eigenvalue weighted by Crippen LogP contribution is 2.33. The number of fused-ring (bicyclic) bond motifs is 2. The number of hydrogen-bond donors (Lipinski definition) is 2. The predicted molar refractivity (Wildman–Crippen MR) is 130 cm³/mol. The highest BCUT2D eigenvalue weighted by atomic mass is 32.1. The number of pyridine rings is 1. The maximum absolute atomic E-state index is 6.18. The lowest BCUT2D eigenvalue weighted by atomic mass is 9.93. The molecule has 1 unspecified atom stereocenters. The van der Waals surface area contributed by atoms with E-state index in [0.717, 1.165) is 51.5 Å². The minimum atomic E-state index is 0.0542. The zero-order valence-electron chi connectivity index (χ0n) is 17.9. The Morgan fingerprint density at radius 3 is 3.03 bits per heavy atom. The van der Waals surface area contributed by atoms with Crippen molar-refractivity contribution in [2.75, 3.05) is 36.1 Å². The number of nitrogens with two attached hydrogens (primary N) is 2. The van der Waals surface area contributed by atoms with Gasteiger partial charge in [0.05, 0.1) is 12.7 Å². The van der Waals surface area contributed by atoms with Crippen LogP contribution in [0.15, 0.2) is 42.6 Å². The first-order chi connectivity index (χ1) is 15.5. The highest BCUT2D eigenvalue weighted by Gasteiger charge is 2.27. The third-order valence-electron chi connectivity index (χ3n) is 5.81. The third-order valence-corrected chi connectivity index (χ3v) is 6.62. The molecule has 1 atom stereocenters. The standard InChI is InChI=1S/C23H25N7OS/c1-3-4-17-13(2)27-22(24)29-20(17)30-7-8-31-19-6-5-14(9-16(19)12-30)15-10-18-21(26-11-15)32-23(25)28-18/h3,5,9-11,19H,1,4,6-8,12H2,2H3,(H2,25,28)(H2,24,27,29). The van der Waals surface area contributed by atoms with Gasteiger partial charge in [-0.15, -0.1) is 6.58 Å². The number of aryl methyl sites for hydroxylation is 1. The van der Waals surface area contributed by atoms with Gasteiger partial charge in [0.25, 0.3) is 0 Å². The molecule has 2 aliphatic rings. The van der Waals surface area contributed by atoms with Gasteiger partial charge in [0.1, 0.15) is 16.2 Å². The highest BCUT2D eigenvalue weighted by molar-refractivity contribution is 7.21. The number of aromatic nitrogens is 4. The maximum atomic E-state index is 6.18. The number of hydrogen-bond acceptors (Lipinski definition) is 9. The molecule has 1 saturated heterocycles. The SMILES string of the molecule is C=CCc1c(C)nc(N)nc1N1CCOC2CC=C(c3cnc4sc(N)nc4c3)C=C2C1. The molecule has 3 aromatic rings. The van der Waals surface area contributed by atoms with Gasteiger partial charge in [-0.2, -0.15) is 4.98 Å². The number of thiazole rings is 1. The first-order valence-electron chi connectivity index (χ1n) is 10.6. The Bertz CT molecular complexity index is 1260. The summed E-state index contributed by atoms with van der Waals surface area (Å²) in [6.45, 7) is 7.91. The van der Waals surface area contributed by atoms with Crippen molar-refractivity contribution in [3.05, 3.63) is 59.5 Å². The van der Waals surface area contributed by atoms with E-state index in [1.165, 1.54) is 16.9 Å². The molecule has 0 aromatic carbocycles. The molecular formula is C23H25N7OS. The van der Waals surface area contributed by atoms with Crippen molar-refractivity contribution in [1.82, 2.24) is 19.9 Å². The molecule has 0 saturated carbocycles. The third kappa shape index (κ3) is 3.85. The van der Waals surface area contributed by atoms with Crippen LogP contribution in [0.3, 0.4) is 0 Å². The van der Waals surface area contributed by atoms with Crippen LogP contribution >= 0.6 is 11.3 Å². The Hall–Kier alpha value is -3.30. The van der Waals surface area contributed by atoms with E-state index in [4.69, 9.17) is 16.2 Å². The molecule has 9 heteroatoms. The molecule has 1 fully saturated rings. The molecule has 0 bridgehead atoms. The van der Waals surface area contributed by atoms with Gasteiger partial charge in [0.2, 0.25) is 5.95 Å². The summed E-state index contributed by atoms with van der Waals surface area (Å²) < 4.78 is 6.18. The van der Waals surface area contributed by atoms with Crippen LogP contribution in [-0.2, 0) is 11.2 Å². The Morgan fingerprint density at radius 2 is 2.19 bits per heavy atom. The van der Waals surface area contributed by atoms with Gasteiger partial charge in [0, 0.05) is 36.1 Å². The van der Waals surface area contributed by atoms with Crippen molar-refractivity contribution in [2.24, 2.45) is 0 Å². The van der Waals surface area contributed by atoms with Crippen LogP contribution in [0.5, 0.6) is 0 Å². The lowest BCUT2D eigenvalue weighted by Crippen LogP contribution is -2.30. The van der Waals surface area contributed by atoms with Crippen LogP contribution in [0.25, 0.3) is 15.9 Å². The van der Waals surface area contributed by atoms with E-state index in [1.54, 1.807) is 0 Å². The van der Waals surface area contributed by atoms with E-state index in [9.17, 15) is 0 Å². The second kappa shape index (κ2) is 8.33. The Kier molecular flexibility index (Phi) is 5.36. The van der Waals surface area contributed by atoms with Crippen molar-refractivity contribution in [2.45, 2.75) is 25.9 Å². The molecule has 0 amide bonds. The Labute approximate surface area is 190 Å². The lowest BCUT2D eigenvalue weighted by Gasteiger charge is -2.27. The number of nitrogens with zero attached hydrogens (tertiary/aromatic N) is 5. The molecule has 0 radical (unpaired) electrons. The maximum Gasteiger partial charge on any atom is 0.222 e. The minimum Gasteiger partial charge on any atom is -0.375 e. The summed E-state index contributed by atoms with van der Waals surface area (Å²) in [5, 5.41) is 0.531. The summed E-state index contributed by atoms with van der Waals surface area (Å²) >= 11 is 1.40. The quantitative estimate of drug-likeness (QED) is 0.585. The molecule has 1 aliphatic carbocycles. The molecule has 3 aromatic heterocycles. The average molecular weight is 448 g/mol. The number of ether oxygens (including phenoxy) is 1. The Balaban J connectivity index is 1.48. The van der Waals surface area contributed by atoms with Crippen molar-refractivity contribution >= 4 is 44.2 Å². The number of rotatable bonds is 4. The number of allylic oxidation sites excluding steroid dienone is 3. The summed E-state index contributed by atoms with van der Waals surface area (Å²) in [5.41, 5.74) is 18.0. The number of nitrogen functional groups attached to an aromatic ring is 2. The predicted octanol–water partition coefficient (Wildman–Crippen LogP) is 3.30. The van der Waals surface area contributed by atoms with E-state index in [1.807, 2.05) is 25.3 Å². The van der Waals surface area contributed by atoms with Crippen LogP contribution in [0.2, 0.25) is 0 Å². The summed E-state index contributed by atoms with van der Waals surface area (Å²) in [6, 6.07) is 2.05. The fraction of sp³-hybridized carbons (Fsp3) is 0.304. The molecule has 164 valence electrons. The summed E-state index contributed by atoms with van der Waals surface area (Å²) in [6.07, 6.45) is 9.73. The zero-order chi connectivity index (χ0) is 22.2. The van der Waals surface area contributed by atoms with Crippen molar-refractivity contribution in [3.8, 4) is 0 Å². The van der Waals surface area contributed by atoms with Crippen LogP contribution in [0.1, 0.15) is 23.2 Å². The van der Waals surface area contributed by atoms with Gasteiger partial charge in [-0.25, -0.2) is 15.0 Å². The second-order valence-electron chi connectivity index (χ2n) is 7.96. The summed E-state index contributed by atoms with van der Waals surface area (Å²) in [4.78, 5) is 20.9. The van der Waals surface area contributed by atoms with E-state index in [2.05, 4.69) is 43.6 Å². The monoisotopic (exact) mass is 447 g/mol. The largest absolute Gasteiger partial charge is 0.375 e. The first kappa shape index (κ1) is 20.6. The molecule has 0 spiro atoms. The molecule has 32 heavy (non-hydrogen) atoms. The van der Waals surface area contributed by atoms with Crippen molar-refractivity contribution < 1.29 is 4.74 Å². The van der Waals surface area contributed by atoms with Gasteiger partial charge < -0.3 is 21.1 Å². The van der Waals surface area contributed by atoms with Crippen LogP contribution < -0.4 is 16.4 Å². The van der Waals surface area contributed by atoms with E-state index in [-0.39, 0.29) is 12.1 Å². The molecule has 1 aliphatic heterocycles. The fourth-order valence-electron chi connectivity index (χ4n) is 4.29. The minimum absolute atomic E-state index is 0.0542. The Morgan fingerprint density at radius 1 is 1.31 bits per heavy atom. The summed E-state index contributed by atoms with van der Waals surface area (Å²) in [7, 11) is 0. The van der Waals surface area contributed by atoms with Crippen LogP contribution in [0, 0.1) is 6.92 Å². The molecule has 8 nitrogen and oxygen atoms in total. The van der Waals surface area contributed by atoms with Crippen molar-refractivity contribution in [1.29, 1.82) is 0 Å². The van der Waals surface area contributed by atoms with E-state index >= 15 is 0 Å². The number of anilines is 3. The zero-order valence-corrected chi connectivity index (χ0v) is 18.7. The molecule has 4 N–H and O–H groups in total. The first-order valence-corrected chi connectivity index (χ1v) is 11.4. The topological polar surface area (TPSA) is 116 Å². The fourth-order valence-corrected chi connectivity index (χ4v) is 4.95. The van der Waals surface area contributed by atoms with E-state index in [0.29, 0.717) is 24.7 Å². The smallest absolute Gasteiger partial charge is 0.222 e. The van der Waals surface area contributed by atoms with Gasteiger partial charge in [0.15, 0.2) is 5.13 Å².